The van der Waals surface area contributed by atoms with Crippen LogP contribution in [0, 0.1) is 0 Å². The van der Waals surface area contributed by atoms with Crippen molar-refractivity contribution < 1.29 is 13.6 Å². The molecule has 0 saturated carbocycles. The SMILES string of the molecule is O=C(Cc1coc(-c2ccccc2)n1)N1CCC(c2nc3cc(Cl)ccc3o2)CC1. The van der Waals surface area contributed by atoms with Gasteiger partial charge in [-0.3, -0.25) is 4.79 Å². The lowest BCUT2D eigenvalue weighted by molar-refractivity contribution is -0.131. The lowest BCUT2D eigenvalue weighted by atomic mass is 9.96. The zero-order valence-electron chi connectivity index (χ0n) is 16.3. The van der Waals surface area contributed by atoms with Crippen LogP contribution in [0.4, 0.5) is 0 Å². The van der Waals surface area contributed by atoms with E-state index in [2.05, 4.69) is 9.97 Å². The largest absolute Gasteiger partial charge is 0.444 e. The summed E-state index contributed by atoms with van der Waals surface area (Å²) in [6, 6.07) is 15.1. The van der Waals surface area contributed by atoms with Crippen molar-refractivity contribution >= 4 is 28.6 Å². The average Bonchev–Trinajstić information content (AvgIpc) is 3.41. The summed E-state index contributed by atoms with van der Waals surface area (Å²) < 4.78 is 11.4. The molecule has 0 unspecified atom stereocenters. The minimum Gasteiger partial charge on any atom is -0.444 e. The van der Waals surface area contributed by atoms with Crippen molar-refractivity contribution in [1.82, 2.24) is 14.9 Å². The van der Waals surface area contributed by atoms with E-state index in [1.54, 1.807) is 12.3 Å². The molecule has 0 radical (unpaired) electrons. The molecule has 1 aliphatic rings. The van der Waals surface area contributed by atoms with Crippen molar-refractivity contribution in [1.29, 1.82) is 0 Å². The molecule has 0 bridgehead atoms. The number of hydrogen-bond acceptors (Lipinski definition) is 5. The van der Waals surface area contributed by atoms with Crippen LogP contribution in [0.5, 0.6) is 0 Å². The van der Waals surface area contributed by atoms with Crippen LogP contribution >= 0.6 is 11.6 Å². The number of rotatable bonds is 4. The molecule has 3 heterocycles. The van der Waals surface area contributed by atoms with Crippen LogP contribution in [-0.2, 0) is 11.2 Å². The van der Waals surface area contributed by atoms with Crippen molar-refractivity contribution in [3.63, 3.8) is 0 Å². The van der Waals surface area contributed by atoms with Gasteiger partial charge in [-0.15, -0.1) is 0 Å². The lowest BCUT2D eigenvalue weighted by Crippen LogP contribution is -2.38. The van der Waals surface area contributed by atoms with E-state index < -0.39 is 0 Å². The normalized spacial score (nSPS) is 15.0. The van der Waals surface area contributed by atoms with Gasteiger partial charge in [-0.1, -0.05) is 29.8 Å². The quantitative estimate of drug-likeness (QED) is 0.459. The molecule has 30 heavy (non-hydrogen) atoms. The van der Waals surface area contributed by atoms with E-state index in [9.17, 15) is 4.79 Å². The highest BCUT2D eigenvalue weighted by Gasteiger charge is 2.27. The predicted octanol–water partition coefficient (Wildman–Crippen LogP) is 5.08. The highest BCUT2D eigenvalue weighted by atomic mass is 35.5. The lowest BCUT2D eigenvalue weighted by Gasteiger charge is -2.30. The van der Waals surface area contributed by atoms with Gasteiger partial charge in [0, 0.05) is 29.6 Å². The summed E-state index contributed by atoms with van der Waals surface area (Å²) in [5.41, 5.74) is 3.07. The molecule has 7 heteroatoms. The number of aromatic nitrogens is 2. The van der Waals surface area contributed by atoms with Gasteiger partial charge in [-0.05, 0) is 43.2 Å². The van der Waals surface area contributed by atoms with E-state index >= 15 is 0 Å². The Hall–Kier alpha value is -3.12. The van der Waals surface area contributed by atoms with Gasteiger partial charge in [0.15, 0.2) is 11.5 Å². The van der Waals surface area contributed by atoms with Gasteiger partial charge in [0.2, 0.25) is 11.8 Å². The zero-order chi connectivity index (χ0) is 20.5. The molecule has 2 aromatic heterocycles. The summed E-state index contributed by atoms with van der Waals surface area (Å²) in [6.07, 6.45) is 3.44. The molecule has 5 rings (SSSR count). The van der Waals surface area contributed by atoms with Crippen LogP contribution in [0.1, 0.15) is 30.3 Å². The number of hydrogen-bond donors (Lipinski definition) is 0. The smallest absolute Gasteiger partial charge is 0.228 e. The number of carbonyl (C=O) groups is 1. The average molecular weight is 422 g/mol. The van der Waals surface area contributed by atoms with E-state index in [-0.39, 0.29) is 18.2 Å². The number of likely N-dealkylation sites (tertiary alicyclic amines) is 1. The second-order valence-electron chi connectivity index (χ2n) is 7.51. The van der Waals surface area contributed by atoms with Gasteiger partial charge in [0.25, 0.3) is 0 Å². The number of amides is 1. The summed E-state index contributed by atoms with van der Waals surface area (Å²) in [5, 5.41) is 0.644. The third-order valence-corrected chi connectivity index (χ3v) is 5.70. The summed E-state index contributed by atoms with van der Waals surface area (Å²) in [6.45, 7) is 1.35. The summed E-state index contributed by atoms with van der Waals surface area (Å²) >= 11 is 6.03. The standard InChI is InChI=1S/C23H20ClN3O3/c24-17-6-7-20-19(12-17)26-23(30-20)16-8-10-27(11-9-16)21(28)13-18-14-29-22(25-18)15-4-2-1-3-5-15/h1-7,12,14,16H,8-11,13H2. The van der Waals surface area contributed by atoms with Gasteiger partial charge in [0.05, 0.1) is 12.1 Å². The molecule has 0 spiro atoms. The van der Waals surface area contributed by atoms with Crippen LogP contribution in [0.15, 0.2) is 63.6 Å². The summed E-state index contributed by atoms with van der Waals surface area (Å²) in [4.78, 5) is 23.7. The van der Waals surface area contributed by atoms with E-state index in [1.807, 2.05) is 47.4 Å². The number of carbonyl (C=O) groups excluding carboxylic acids is 1. The molecular formula is C23H20ClN3O3. The van der Waals surface area contributed by atoms with Gasteiger partial charge in [0.1, 0.15) is 11.8 Å². The molecule has 6 nitrogen and oxygen atoms in total. The highest BCUT2D eigenvalue weighted by molar-refractivity contribution is 6.31. The Morgan fingerprint density at radius 3 is 2.70 bits per heavy atom. The van der Waals surface area contributed by atoms with Crippen LogP contribution < -0.4 is 0 Å². The van der Waals surface area contributed by atoms with Gasteiger partial charge >= 0.3 is 0 Å². The van der Waals surface area contributed by atoms with E-state index in [1.165, 1.54) is 0 Å². The molecule has 1 saturated heterocycles. The van der Waals surface area contributed by atoms with Crippen LogP contribution in [0.3, 0.4) is 0 Å². The van der Waals surface area contributed by atoms with Gasteiger partial charge in [-0.25, -0.2) is 9.97 Å². The molecule has 1 aliphatic heterocycles. The van der Waals surface area contributed by atoms with E-state index in [0.29, 0.717) is 29.7 Å². The minimum absolute atomic E-state index is 0.0608. The Morgan fingerprint density at radius 2 is 1.90 bits per heavy atom. The van der Waals surface area contributed by atoms with Crippen molar-refractivity contribution in [2.24, 2.45) is 0 Å². The monoisotopic (exact) mass is 421 g/mol. The number of fused-ring (bicyclic) bond motifs is 1. The molecule has 0 atom stereocenters. The predicted molar refractivity (Wildman–Crippen MR) is 113 cm³/mol. The Balaban J connectivity index is 1.20. The van der Waals surface area contributed by atoms with Gasteiger partial charge < -0.3 is 13.7 Å². The highest BCUT2D eigenvalue weighted by Crippen LogP contribution is 2.31. The Labute approximate surface area is 178 Å². The maximum absolute atomic E-state index is 12.7. The van der Waals surface area contributed by atoms with Gasteiger partial charge in [-0.2, -0.15) is 0 Å². The van der Waals surface area contributed by atoms with Crippen LogP contribution in [0.2, 0.25) is 5.02 Å². The van der Waals surface area contributed by atoms with E-state index in [0.717, 1.165) is 35.4 Å². The van der Waals surface area contributed by atoms with Crippen molar-refractivity contribution in [2.75, 3.05) is 13.1 Å². The second-order valence-corrected chi connectivity index (χ2v) is 7.94. The molecule has 1 fully saturated rings. The van der Waals surface area contributed by atoms with Crippen molar-refractivity contribution in [2.45, 2.75) is 25.2 Å². The summed E-state index contributed by atoms with van der Waals surface area (Å²) in [5.74, 6) is 1.53. The molecule has 2 aromatic carbocycles. The van der Waals surface area contributed by atoms with Crippen molar-refractivity contribution in [3.05, 3.63) is 71.4 Å². The maximum Gasteiger partial charge on any atom is 0.228 e. The first-order chi connectivity index (χ1) is 14.7. The number of piperidine rings is 1. The fourth-order valence-electron chi connectivity index (χ4n) is 3.84. The first-order valence-corrected chi connectivity index (χ1v) is 10.4. The molecule has 152 valence electrons. The molecular weight excluding hydrogens is 402 g/mol. The van der Waals surface area contributed by atoms with Crippen LogP contribution in [-0.4, -0.2) is 33.9 Å². The molecule has 1 amide bonds. The topological polar surface area (TPSA) is 72.4 Å². The molecule has 0 aliphatic carbocycles. The Kier molecular flexibility index (Phi) is 5.01. The molecule has 4 aromatic rings. The third-order valence-electron chi connectivity index (χ3n) is 5.47. The zero-order valence-corrected chi connectivity index (χ0v) is 17.0. The third kappa shape index (κ3) is 3.83. The second kappa shape index (κ2) is 7.95. The van der Waals surface area contributed by atoms with E-state index in [4.69, 9.17) is 20.4 Å². The fraction of sp³-hybridized carbons (Fsp3) is 0.261. The number of benzene rings is 2. The molecule has 0 N–H and O–H groups in total. The first-order valence-electron chi connectivity index (χ1n) is 9.99. The first kappa shape index (κ1) is 18.9. The van der Waals surface area contributed by atoms with Crippen LogP contribution in [0.25, 0.3) is 22.6 Å². The maximum atomic E-state index is 12.7. The minimum atomic E-state index is 0.0608. The number of oxazole rings is 2. The Morgan fingerprint density at radius 1 is 1.10 bits per heavy atom. The fourth-order valence-corrected chi connectivity index (χ4v) is 4.00. The summed E-state index contributed by atoms with van der Waals surface area (Å²) in [7, 11) is 0. The number of nitrogens with zero attached hydrogens (tertiary/aromatic N) is 3. The number of halogens is 1. The Bertz CT molecular complexity index is 1180. The van der Waals surface area contributed by atoms with Crippen molar-refractivity contribution in [3.8, 4) is 11.5 Å².